The number of sulfonamides is 1. The number of benzene rings is 2. The Labute approximate surface area is 197 Å². The summed E-state index contributed by atoms with van der Waals surface area (Å²) in [5, 5.41) is 2.93. The quantitative estimate of drug-likeness (QED) is 0.535. The van der Waals surface area contributed by atoms with Crippen LogP contribution in [-0.2, 0) is 21.4 Å². The third kappa shape index (κ3) is 7.27. The van der Waals surface area contributed by atoms with E-state index >= 15 is 0 Å². The highest BCUT2D eigenvalue weighted by atomic mass is 32.2. The van der Waals surface area contributed by atoms with Crippen LogP contribution < -0.4 is 10.2 Å². The second kappa shape index (κ2) is 10.7. The minimum Gasteiger partial charge on any atom is -0.377 e. The van der Waals surface area contributed by atoms with Crippen LogP contribution in [0.4, 0.5) is 15.8 Å². The molecule has 6 nitrogen and oxygen atoms in total. The van der Waals surface area contributed by atoms with Gasteiger partial charge in [-0.05, 0) is 66.8 Å². The highest BCUT2D eigenvalue weighted by molar-refractivity contribution is 7.89. The summed E-state index contributed by atoms with van der Waals surface area (Å²) in [7, 11) is -0.0936. The van der Waals surface area contributed by atoms with Gasteiger partial charge in [0.25, 0.3) is 0 Å². The van der Waals surface area contributed by atoms with Gasteiger partial charge in [-0.3, -0.25) is 4.79 Å². The number of amides is 1. The van der Waals surface area contributed by atoms with Gasteiger partial charge in [-0.25, -0.2) is 12.8 Å². The van der Waals surface area contributed by atoms with Crippen LogP contribution in [0.1, 0.15) is 53.0 Å². The molecule has 0 aromatic heterocycles. The van der Waals surface area contributed by atoms with Crippen molar-refractivity contribution in [3.8, 4) is 0 Å². The van der Waals surface area contributed by atoms with Crippen molar-refractivity contribution in [3.63, 3.8) is 0 Å². The molecule has 0 aliphatic heterocycles. The molecule has 2 aromatic carbocycles. The fourth-order valence-corrected chi connectivity index (χ4v) is 5.19. The first-order valence-corrected chi connectivity index (χ1v) is 12.6. The number of halogens is 1. The molecule has 0 radical (unpaired) electrons. The Kier molecular flexibility index (Phi) is 8.65. The minimum atomic E-state index is -3.87. The molecule has 0 aliphatic carbocycles. The fraction of sp³-hybridized carbons (Fsp3) is 0.480. The van der Waals surface area contributed by atoms with Crippen molar-refractivity contribution in [2.75, 3.05) is 24.3 Å². The third-order valence-electron chi connectivity index (χ3n) is 5.36. The van der Waals surface area contributed by atoms with Gasteiger partial charge in [0, 0.05) is 44.5 Å². The van der Waals surface area contributed by atoms with Crippen molar-refractivity contribution in [1.29, 1.82) is 0 Å². The number of carbonyl (C=O) groups excluding carboxylic acids is 1. The van der Waals surface area contributed by atoms with E-state index in [1.807, 2.05) is 71.8 Å². The summed E-state index contributed by atoms with van der Waals surface area (Å²) >= 11 is 0. The second-order valence-corrected chi connectivity index (χ2v) is 11.7. The molecule has 2 aromatic rings. The van der Waals surface area contributed by atoms with Crippen molar-refractivity contribution in [3.05, 3.63) is 53.8 Å². The molecule has 0 spiro atoms. The van der Waals surface area contributed by atoms with E-state index in [0.29, 0.717) is 18.5 Å². The van der Waals surface area contributed by atoms with Crippen LogP contribution in [-0.4, -0.2) is 38.8 Å². The number of hydrogen-bond donors (Lipinski definition) is 1. The molecule has 2 rings (SSSR count). The van der Waals surface area contributed by atoms with Gasteiger partial charge in [0.2, 0.25) is 15.9 Å². The van der Waals surface area contributed by atoms with Crippen LogP contribution in [0, 0.1) is 11.2 Å². The van der Waals surface area contributed by atoms with Crippen molar-refractivity contribution in [1.82, 2.24) is 4.31 Å². The van der Waals surface area contributed by atoms with E-state index in [2.05, 4.69) is 5.32 Å². The summed E-state index contributed by atoms with van der Waals surface area (Å²) in [6.07, 6.45) is 0.982. The number of carbonyl (C=O) groups is 1. The molecule has 0 saturated heterocycles. The van der Waals surface area contributed by atoms with Crippen LogP contribution in [0.2, 0.25) is 0 Å². The van der Waals surface area contributed by atoms with E-state index in [-0.39, 0.29) is 28.8 Å². The predicted octanol–water partition coefficient (Wildman–Crippen LogP) is 5.26. The first kappa shape index (κ1) is 26.8. The summed E-state index contributed by atoms with van der Waals surface area (Å²) in [6, 6.07) is 10.1. The number of nitrogens with zero attached hydrogens (tertiary/aromatic N) is 2. The Balaban J connectivity index is 2.45. The maximum atomic E-state index is 13.5. The third-order valence-corrected chi connectivity index (χ3v) is 7.34. The summed E-state index contributed by atoms with van der Waals surface area (Å²) in [5.41, 5.74) is 2.09. The van der Waals surface area contributed by atoms with Gasteiger partial charge >= 0.3 is 0 Å². The van der Waals surface area contributed by atoms with Gasteiger partial charge in [-0.1, -0.05) is 27.7 Å². The molecule has 0 bridgehead atoms. The lowest BCUT2D eigenvalue weighted by molar-refractivity contribution is -0.117. The molecule has 1 atom stereocenters. The molecular formula is C25H36FN3O3S. The fourth-order valence-electron chi connectivity index (χ4n) is 3.50. The second-order valence-electron chi connectivity index (χ2n) is 9.78. The summed E-state index contributed by atoms with van der Waals surface area (Å²) in [5.74, 6) is -0.582. The molecular weight excluding hydrogens is 441 g/mol. The monoisotopic (exact) mass is 477 g/mol. The zero-order valence-corrected chi connectivity index (χ0v) is 21.5. The first-order chi connectivity index (χ1) is 15.2. The van der Waals surface area contributed by atoms with E-state index in [1.54, 1.807) is 0 Å². The van der Waals surface area contributed by atoms with E-state index in [4.69, 9.17) is 0 Å². The average Bonchev–Trinajstić information content (AvgIpc) is 2.70. The molecule has 182 valence electrons. The largest absolute Gasteiger partial charge is 0.377 e. The Bertz CT molecular complexity index is 1060. The highest BCUT2D eigenvalue weighted by Crippen LogP contribution is 2.29. The lowest BCUT2D eigenvalue weighted by Crippen LogP contribution is -2.38. The van der Waals surface area contributed by atoms with Crippen LogP contribution in [0.15, 0.2) is 47.4 Å². The van der Waals surface area contributed by atoms with Crippen LogP contribution in [0.5, 0.6) is 0 Å². The van der Waals surface area contributed by atoms with Gasteiger partial charge in [-0.15, -0.1) is 0 Å². The molecule has 0 aliphatic rings. The molecule has 0 unspecified atom stereocenters. The zero-order chi connectivity index (χ0) is 25.0. The van der Waals surface area contributed by atoms with E-state index < -0.39 is 15.8 Å². The molecule has 0 saturated carbocycles. The van der Waals surface area contributed by atoms with Gasteiger partial charge < -0.3 is 10.2 Å². The number of nitrogens with one attached hydrogen (secondary N) is 1. The minimum absolute atomic E-state index is 0.0465. The molecule has 1 N–H and O–H groups in total. The molecule has 1 amide bonds. The summed E-state index contributed by atoms with van der Waals surface area (Å²) < 4.78 is 41.8. The van der Waals surface area contributed by atoms with Crippen LogP contribution in [0.25, 0.3) is 0 Å². The van der Waals surface area contributed by atoms with E-state index in [9.17, 15) is 17.6 Å². The molecule has 0 fully saturated rings. The predicted molar refractivity (Wildman–Crippen MR) is 132 cm³/mol. The lowest BCUT2D eigenvalue weighted by atomic mass is 9.92. The first-order valence-electron chi connectivity index (χ1n) is 11.1. The van der Waals surface area contributed by atoms with Gasteiger partial charge in [0.15, 0.2) is 0 Å². The van der Waals surface area contributed by atoms with Gasteiger partial charge in [-0.2, -0.15) is 4.31 Å². The number of anilines is 2. The van der Waals surface area contributed by atoms with Crippen molar-refractivity contribution in [2.45, 2.75) is 64.9 Å². The topological polar surface area (TPSA) is 69.7 Å². The number of hydrogen-bond acceptors (Lipinski definition) is 4. The standard InChI is InChI=1S/C25H36FN3O3S/c1-8-18(2)29(33(31,32)22-12-9-20(26)10-13-22)17-19-15-21(11-14-23(19)28(6)7)27-24(30)16-25(3,4)5/h9-15,18H,8,16-17H2,1-7H3,(H,27,30)/t18-/m1/s1. The van der Waals surface area contributed by atoms with E-state index in [0.717, 1.165) is 23.4 Å². The molecule has 0 heterocycles. The zero-order valence-electron chi connectivity index (χ0n) is 20.6. The van der Waals surface area contributed by atoms with Crippen molar-refractivity contribution < 1.29 is 17.6 Å². The maximum Gasteiger partial charge on any atom is 0.243 e. The summed E-state index contributed by atoms with van der Waals surface area (Å²) in [6.45, 7) is 9.89. The Morgan fingerprint density at radius 3 is 2.21 bits per heavy atom. The summed E-state index contributed by atoms with van der Waals surface area (Å²) in [4.78, 5) is 14.4. The Morgan fingerprint density at radius 2 is 1.70 bits per heavy atom. The van der Waals surface area contributed by atoms with Gasteiger partial charge in [0.1, 0.15) is 5.82 Å². The normalized spacial score (nSPS) is 13.1. The molecule has 8 heteroatoms. The number of rotatable bonds is 9. The van der Waals surface area contributed by atoms with Crippen molar-refractivity contribution in [2.24, 2.45) is 5.41 Å². The van der Waals surface area contributed by atoms with Crippen molar-refractivity contribution >= 4 is 27.3 Å². The maximum absolute atomic E-state index is 13.5. The van der Waals surface area contributed by atoms with E-state index in [1.165, 1.54) is 16.4 Å². The SMILES string of the molecule is CC[C@@H](C)N(Cc1cc(NC(=O)CC(C)(C)C)ccc1N(C)C)S(=O)(=O)c1ccc(F)cc1. The van der Waals surface area contributed by atoms with Crippen LogP contribution >= 0.6 is 0 Å². The Hall–Kier alpha value is -2.45. The Morgan fingerprint density at radius 1 is 1.09 bits per heavy atom. The van der Waals surface area contributed by atoms with Crippen LogP contribution in [0.3, 0.4) is 0 Å². The molecule has 33 heavy (non-hydrogen) atoms. The lowest BCUT2D eigenvalue weighted by Gasteiger charge is -2.30. The smallest absolute Gasteiger partial charge is 0.243 e. The highest BCUT2D eigenvalue weighted by Gasteiger charge is 2.29. The van der Waals surface area contributed by atoms with Gasteiger partial charge in [0.05, 0.1) is 4.90 Å². The average molecular weight is 478 g/mol.